The van der Waals surface area contributed by atoms with Gasteiger partial charge in [-0.1, -0.05) is 11.8 Å². The van der Waals surface area contributed by atoms with Crippen molar-refractivity contribution < 1.29 is 29.3 Å². The van der Waals surface area contributed by atoms with Gasteiger partial charge in [-0.15, -0.1) is 0 Å². The van der Waals surface area contributed by atoms with Crippen molar-refractivity contribution >= 4 is 29.5 Å². The Morgan fingerprint density at radius 2 is 1.96 bits per heavy atom. The highest BCUT2D eigenvalue weighted by atomic mass is 32.2. The van der Waals surface area contributed by atoms with Crippen molar-refractivity contribution in [2.24, 2.45) is 11.7 Å². The number of primary amides is 1. The molecule has 0 bridgehead atoms. The van der Waals surface area contributed by atoms with Gasteiger partial charge in [0.15, 0.2) is 10.8 Å². The third kappa shape index (κ3) is 2.51. The van der Waals surface area contributed by atoms with E-state index in [1.54, 1.807) is 0 Å². The Hall–Kier alpha value is -2.52. The predicted molar refractivity (Wildman–Crippen MR) is 83.6 cm³/mol. The summed E-state index contributed by atoms with van der Waals surface area (Å²) < 4.78 is 5.58. The van der Waals surface area contributed by atoms with E-state index in [0.29, 0.717) is 11.3 Å². The summed E-state index contributed by atoms with van der Waals surface area (Å²) >= 11 is 1.07. The third-order valence-electron chi connectivity index (χ3n) is 3.82. The first-order chi connectivity index (χ1) is 11.3. The first kappa shape index (κ1) is 16.3. The minimum absolute atomic E-state index is 0.0656. The molecule has 9 heteroatoms. The molecule has 1 aromatic rings. The molecule has 24 heavy (non-hydrogen) atoms. The van der Waals surface area contributed by atoms with Crippen molar-refractivity contribution in [1.82, 2.24) is 4.90 Å². The van der Waals surface area contributed by atoms with Gasteiger partial charge in [0, 0.05) is 5.56 Å². The largest absolute Gasteiger partial charge is 0.476 e. The van der Waals surface area contributed by atoms with E-state index >= 15 is 0 Å². The number of rotatable bonds is 5. The highest BCUT2D eigenvalue weighted by Gasteiger charge is 2.58. The van der Waals surface area contributed by atoms with Crippen LogP contribution < -0.4 is 10.5 Å². The Bertz CT molecular complexity index is 758. The minimum Gasteiger partial charge on any atom is -0.476 e. The Morgan fingerprint density at radius 3 is 2.46 bits per heavy atom. The summed E-state index contributed by atoms with van der Waals surface area (Å²) in [6.45, 7) is 1.49. The van der Waals surface area contributed by atoms with Gasteiger partial charge in [0.05, 0.1) is 12.0 Å². The van der Waals surface area contributed by atoms with Crippen LogP contribution in [0.3, 0.4) is 0 Å². The molecule has 1 saturated heterocycles. The Kier molecular flexibility index (Phi) is 3.98. The summed E-state index contributed by atoms with van der Waals surface area (Å²) in [7, 11) is 0. The smallest absolute Gasteiger partial charge is 0.357 e. The van der Waals surface area contributed by atoms with Crippen LogP contribution in [-0.4, -0.2) is 44.4 Å². The van der Waals surface area contributed by atoms with E-state index in [1.807, 2.05) is 0 Å². The van der Waals surface area contributed by atoms with Crippen molar-refractivity contribution in [2.75, 3.05) is 0 Å². The molecular formula is C15H14N2O6S. The number of carbonyl (C=O) groups excluding carboxylic acids is 2. The van der Waals surface area contributed by atoms with Crippen LogP contribution in [0.25, 0.3) is 0 Å². The number of aliphatic hydroxyl groups is 1. The quantitative estimate of drug-likeness (QED) is 0.652. The average Bonchev–Trinajstić information content (AvgIpc) is 2.81. The van der Waals surface area contributed by atoms with E-state index in [9.17, 15) is 24.6 Å². The van der Waals surface area contributed by atoms with Gasteiger partial charge in [0.1, 0.15) is 11.1 Å². The third-order valence-corrected chi connectivity index (χ3v) is 5.05. The molecule has 3 unspecified atom stereocenters. The SMILES string of the molecule is CC(O)C1C(=O)N2C(C(=O)O)=C(Oc3ccc(C(N)=O)cc3)SC12. The van der Waals surface area contributed by atoms with Crippen LogP contribution in [0.15, 0.2) is 35.1 Å². The van der Waals surface area contributed by atoms with Gasteiger partial charge in [-0.05, 0) is 31.2 Å². The number of carboxylic acids is 1. The molecule has 3 rings (SSSR count). The average molecular weight is 350 g/mol. The molecule has 0 aromatic heterocycles. The molecule has 8 nitrogen and oxygen atoms in total. The minimum atomic E-state index is -1.29. The monoisotopic (exact) mass is 350 g/mol. The molecule has 2 aliphatic heterocycles. The zero-order chi connectivity index (χ0) is 17.6. The van der Waals surface area contributed by atoms with Gasteiger partial charge in [-0.25, -0.2) is 4.79 Å². The first-order valence-corrected chi connectivity index (χ1v) is 7.92. The molecule has 2 heterocycles. The summed E-state index contributed by atoms with van der Waals surface area (Å²) in [6.07, 6.45) is -0.879. The molecule has 1 fully saturated rings. The molecule has 0 saturated carbocycles. The number of fused-ring (bicyclic) bond motifs is 1. The van der Waals surface area contributed by atoms with Crippen molar-refractivity contribution in [2.45, 2.75) is 18.4 Å². The number of nitrogens with two attached hydrogens (primary N) is 1. The second-order valence-electron chi connectivity index (χ2n) is 5.41. The number of thioether (sulfide) groups is 1. The van der Waals surface area contributed by atoms with Crippen molar-refractivity contribution in [3.63, 3.8) is 0 Å². The molecule has 2 aliphatic rings. The standard InChI is InChI=1S/C15H14N2O6S/c1-6(18)9-12(20)17-10(14(21)22)15(24-13(9)17)23-8-4-2-7(3-5-8)11(16)19/h2-6,9,13,18H,1H3,(H2,16,19)(H,21,22). The lowest BCUT2D eigenvalue weighted by molar-refractivity contribution is -0.156. The van der Waals surface area contributed by atoms with E-state index < -0.39 is 35.2 Å². The van der Waals surface area contributed by atoms with Gasteiger partial charge in [-0.2, -0.15) is 0 Å². The number of β-lactam (4-membered cyclic amide) rings is 1. The lowest BCUT2D eigenvalue weighted by atomic mass is 9.92. The molecule has 126 valence electrons. The fourth-order valence-corrected chi connectivity index (χ4v) is 4.08. The Morgan fingerprint density at radius 1 is 1.33 bits per heavy atom. The van der Waals surface area contributed by atoms with Crippen molar-refractivity contribution in [3.05, 3.63) is 40.6 Å². The second kappa shape index (κ2) is 5.84. The number of nitrogens with zero attached hydrogens (tertiary/aromatic N) is 1. The molecule has 4 N–H and O–H groups in total. The number of benzene rings is 1. The van der Waals surface area contributed by atoms with E-state index in [2.05, 4.69) is 0 Å². The van der Waals surface area contributed by atoms with Gasteiger partial charge in [0.2, 0.25) is 11.8 Å². The zero-order valence-corrected chi connectivity index (χ0v) is 13.3. The molecule has 3 atom stereocenters. The lowest BCUT2D eigenvalue weighted by Gasteiger charge is -2.43. The van der Waals surface area contributed by atoms with Gasteiger partial charge < -0.3 is 20.7 Å². The summed E-state index contributed by atoms with van der Waals surface area (Å²) in [5, 5.41) is 18.6. The van der Waals surface area contributed by atoms with E-state index in [1.165, 1.54) is 31.2 Å². The Labute approximate surface area is 140 Å². The topological polar surface area (TPSA) is 130 Å². The van der Waals surface area contributed by atoms with E-state index in [-0.39, 0.29) is 10.8 Å². The van der Waals surface area contributed by atoms with Crippen LogP contribution in [0.5, 0.6) is 5.75 Å². The van der Waals surface area contributed by atoms with E-state index in [4.69, 9.17) is 10.5 Å². The maximum absolute atomic E-state index is 12.1. The van der Waals surface area contributed by atoms with Crippen LogP contribution in [-0.2, 0) is 9.59 Å². The highest BCUT2D eigenvalue weighted by molar-refractivity contribution is 8.03. The zero-order valence-electron chi connectivity index (χ0n) is 12.5. The molecular weight excluding hydrogens is 336 g/mol. The van der Waals surface area contributed by atoms with Crippen LogP contribution in [0.2, 0.25) is 0 Å². The van der Waals surface area contributed by atoms with Crippen LogP contribution in [0.4, 0.5) is 0 Å². The number of ether oxygens (including phenoxy) is 1. The second-order valence-corrected chi connectivity index (χ2v) is 6.50. The number of hydrogen-bond donors (Lipinski definition) is 3. The van der Waals surface area contributed by atoms with Crippen LogP contribution in [0, 0.1) is 5.92 Å². The summed E-state index contributed by atoms with van der Waals surface area (Å²) in [6, 6.07) is 5.88. The molecule has 2 amide bonds. The van der Waals surface area contributed by atoms with Gasteiger partial charge >= 0.3 is 5.97 Å². The number of hydrogen-bond acceptors (Lipinski definition) is 6. The Balaban J connectivity index is 1.86. The maximum atomic E-state index is 12.1. The summed E-state index contributed by atoms with van der Waals surface area (Å²) in [5.74, 6) is -2.67. The van der Waals surface area contributed by atoms with Crippen molar-refractivity contribution in [1.29, 1.82) is 0 Å². The number of amides is 2. The predicted octanol–water partition coefficient (Wildman–Crippen LogP) is 0.330. The molecule has 0 radical (unpaired) electrons. The molecule has 0 spiro atoms. The fourth-order valence-electron chi connectivity index (χ4n) is 2.62. The number of carbonyl (C=O) groups is 3. The summed E-state index contributed by atoms with van der Waals surface area (Å²) in [5.41, 5.74) is 5.20. The van der Waals surface area contributed by atoms with Crippen molar-refractivity contribution in [3.8, 4) is 5.75 Å². The molecule has 1 aromatic carbocycles. The van der Waals surface area contributed by atoms with Crippen LogP contribution >= 0.6 is 11.8 Å². The maximum Gasteiger partial charge on any atom is 0.357 e. The first-order valence-electron chi connectivity index (χ1n) is 7.04. The number of aliphatic hydroxyl groups excluding tert-OH is 1. The fraction of sp³-hybridized carbons (Fsp3) is 0.267. The number of carboxylic acid groups (broad SMARTS) is 1. The van der Waals surface area contributed by atoms with Gasteiger partial charge in [-0.3, -0.25) is 14.5 Å². The van der Waals surface area contributed by atoms with Gasteiger partial charge in [0.25, 0.3) is 0 Å². The molecule has 0 aliphatic carbocycles. The summed E-state index contributed by atoms with van der Waals surface area (Å²) in [4.78, 5) is 35.7. The number of aliphatic carboxylic acids is 1. The van der Waals surface area contributed by atoms with E-state index in [0.717, 1.165) is 16.7 Å². The lowest BCUT2D eigenvalue weighted by Crippen LogP contribution is -2.60. The van der Waals surface area contributed by atoms with Crippen LogP contribution in [0.1, 0.15) is 17.3 Å². The highest BCUT2D eigenvalue weighted by Crippen LogP contribution is 2.50. The normalized spacial score (nSPS) is 23.6.